The van der Waals surface area contributed by atoms with Crippen molar-refractivity contribution in [1.82, 2.24) is 0 Å². The first-order valence-electron chi connectivity index (χ1n) is 6.91. The average Bonchev–Trinajstić information content (AvgIpc) is 2.58. The van der Waals surface area contributed by atoms with Crippen LogP contribution in [0.5, 0.6) is 0 Å². The van der Waals surface area contributed by atoms with Gasteiger partial charge in [0.1, 0.15) is 5.22 Å². The van der Waals surface area contributed by atoms with E-state index in [4.69, 9.17) is 14.2 Å². The van der Waals surface area contributed by atoms with Gasteiger partial charge in [-0.1, -0.05) is 60.7 Å². The number of hydrogen-bond acceptors (Lipinski definition) is 3. The zero-order chi connectivity index (χ0) is 15.3. The summed E-state index contributed by atoms with van der Waals surface area (Å²) in [5.74, 6) is -0.976. The molecule has 0 N–H and O–H groups in total. The van der Waals surface area contributed by atoms with Crippen molar-refractivity contribution in [2.24, 2.45) is 0 Å². The predicted molar refractivity (Wildman–Crippen MR) is 87.2 cm³/mol. The Morgan fingerprint density at radius 3 is 1.48 bits per heavy atom. The Labute approximate surface area is 129 Å². The van der Waals surface area contributed by atoms with Gasteiger partial charge in [-0.2, -0.15) is 0 Å². The molecule has 0 fully saturated rings. The van der Waals surface area contributed by atoms with Gasteiger partial charge in [-0.15, -0.1) is 0 Å². The molecule has 0 heterocycles. The van der Waals surface area contributed by atoms with Crippen LogP contribution in [0.15, 0.2) is 60.7 Å². The van der Waals surface area contributed by atoms with Crippen molar-refractivity contribution in [2.75, 3.05) is 21.3 Å². The third kappa shape index (κ3) is 2.56. The fraction of sp³-hybridized carbons (Fsp3) is 0.294. The highest BCUT2D eigenvalue weighted by Gasteiger charge is 2.52. The van der Waals surface area contributed by atoms with Crippen LogP contribution in [0.3, 0.4) is 0 Å². The van der Waals surface area contributed by atoms with Crippen molar-refractivity contribution in [2.45, 2.75) is 11.0 Å². The van der Waals surface area contributed by atoms with Crippen LogP contribution < -0.4 is 0 Å². The van der Waals surface area contributed by atoms with Gasteiger partial charge in [-0.05, 0) is 5.56 Å². The zero-order valence-electron chi connectivity index (χ0n) is 13.0. The first-order valence-corrected chi connectivity index (χ1v) is 7.91. The summed E-state index contributed by atoms with van der Waals surface area (Å²) < 4.78 is 17.7. The van der Waals surface area contributed by atoms with Gasteiger partial charge in [0.05, 0.1) is 10.2 Å². The molecule has 0 radical (unpaired) electrons. The van der Waals surface area contributed by atoms with Gasteiger partial charge >= 0.3 is 0 Å². The van der Waals surface area contributed by atoms with Gasteiger partial charge < -0.3 is 14.2 Å². The summed E-state index contributed by atoms with van der Waals surface area (Å²) in [6.07, 6.45) is 0. The maximum absolute atomic E-state index is 5.94. The van der Waals surface area contributed by atoms with E-state index in [1.54, 1.807) is 21.3 Å². The molecule has 2 aromatic rings. The number of hydrogen-bond donors (Lipinski definition) is 0. The third-order valence-corrected chi connectivity index (χ3v) is 5.73. The number of rotatable bonds is 6. The molecule has 0 aliphatic rings. The van der Waals surface area contributed by atoms with Crippen molar-refractivity contribution in [1.29, 1.82) is 0 Å². The smallest absolute Gasteiger partial charge is 0.224 e. The molecule has 112 valence electrons. The van der Waals surface area contributed by atoms with Gasteiger partial charge in [0.25, 0.3) is 0 Å². The normalized spacial score (nSPS) is 14.8. The van der Waals surface area contributed by atoms with Crippen LogP contribution in [0.2, 0.25) is 0 Å². The van der Waals surface area contributed by atoms with Crippen LogP contribution >= 0.6 is 0 Å². The molecule has 2 aromatic carbocycles. The van der Waals surface area contributed by atoms with E-state index in [-0.39, 0.29) is 0 Å². The number of benzene rings is 2. The molecule has 4 heteroatoms. The minimum atomic E-state index is -0.976. The molecule has 0 saturated carbocycles. The summed E-state index contributed by atoms with van der Waals surface area (Å²) in [5, 5.41) is -0.654. The Balaban J connectivity index is 2.64. The lowest BCUT2D eigenvalue weighted by atomic mass is 9.93. The number of methoxy groups -OCH3 is 3. The maximum atomic E-state index is 5.94. The molecule has 0 saturated heterocycles. The van der Waals surface area contributed by atoms with Gasteiger partial charge in [-0.25, -0.2) is 0 Å². The molecule has 3 nitrogen and oxygen atoms in total. The lowest BCUT2D eigenvalue weighted by molar-refractivity contribution is -0.295. The Morgan fingerprint density at radius 1 is 0.667 bits per heavy atom. The van der Waals surface area contributed by atoms with E-state index in [9.17, 15) is 0 Å². The van der Waals surface area contributed by atoms with Crippen molar-refractivity contribution in [3.8, 4) is 0 Å². The molecule has 0 aromatic heterocycles. The molecule has 1 unspecified atom stereocenters. The van der Waals surface area contributed by atoms with E-state index in [0.717, 1.165) is 11.1 Å². The SMILES string of the molecule is COC([SiH3])(c1ccccc1)C(OC)(OC)c1ccccc1. The van der Waals surface area contributed by atoms with Gasteiger partial charge in [0.15, 0.2) is 0 Å². The summed E-state index contributed by atoms with van der Waals surface area (Å²) in [5.41, 5.74) is 1.99. The minimum absolute atomic E-state index is 0.654. The summed E-state index contributed by atoms with van der Waals surface area (Å²) in [6.45, 7) is 0. The molecule has 2 rings (SSSR count). The fourth-order valence-electron chi connectivity index (χ4n) is 2.84. The first-order chi connectivity index (χ1) is 10.1. The summed E-state index contributed by atoms with van der Waals surface area (Å²) >= 11 is 0. The Morgan fingerprint density at radius 2 is 1.10 bits per heavy atom. The lowest BCUT2D eigenvalue weighted by Gasteiger charge is -2.46. The molecular weight excluding hydrogens is 280 g/mol. The summed E-state index contributed by atoms with van der Waals surface area (Å²) in [7, 11) is 5.72. The highest BCUT2D eigenvalue weighted by Crippen LogP contribution is 2.44. The quantitative estimate of drug-likeness (QED) is 0.603. The fourth-order valence-corrected chi connectivity index (χ4v) is 3.87. The average molecular weight is 302 g/mol. The van der Waals surface area contributed by atoms with E-state index in [1.807, 2.05) is 60.7 Å². The second-order valence-corrected chi connectivity index (χ2v) is 6.40. The van der Waals surface area contributed by atoms with Crippen LogP contribution in [0.25, 0.3) is 0 Å². The number of ether oxygens (including phenoxy) is 3. The second kappa shape index (κ2) is 6.53. The van der Waals surface area contributed by atoms with Crippen molar-refractivity contribution < 1.29 is 14.2 Å². The molecule has 1 atom stereocenters. The van der Waals surface area contributed by atoms with Gasteiger partial charge in [0.2, 0.25) is 5.79 Å². The van der Waals surface area contributed by atoms with Crippen LogP contribution in [-0.4, -0.2) is 31.6 Å². The monoisotopic (exact) mass is 302 g/mol. The Hall–Kier alpha value is -1.46. The molecular formula is C17H22O3Si. The molecule has 0 bridgehead atoms. The van der Waals surface area contributed by atoms with Crippen LogP contribution in [-0.2, 0) is 25.2 Å². The van der Waals surface area contributed by atoms with E-state index in [1.165, 1.54) is 0 Å². The van der Waals surface area contributed by atoms with Crippen molar-refractivity contribution >= 4 is 10.2 Å². The maximum Gasteiger partial charge on any atom is 0.224 e. The third-order valence-electron chi connectivity index (χ3n) is 4.09. The topological polar surface area (TPSA) is 27.7 Å². The van der Waals surface area contributed by atoms with E-state index >= 15 is 0 Å². The van der Waals surface area contributed by atoms with Crippen molar-refractivity contribution in [3.63, 3.8) is 0 Å². The largest absolute Gasteiger partial charge is 0.372 e. The summed E-state index contributed by atoms with van der Waals surface area (Å²) in [4.78, 5) is 0. The lowest BCUT2D eigenvalue weighted by Crippen LogP contribution is -2.54. The molecule has 0 amide bonds. The van der Waals surface area contributed by atoms with E-state index in [2.05, 4.69) is 0 Å². The molecule has 21 heavy (non-hydrogen) atoms. The highest BCUT2D eigenvalue weighted by molar-refractivity contribution is 6.15. The molecule has 0 aliphatic carbocycles. The summed E-state index contributed by atoms with van der Waals surface area (Å²) in [6, 6.07) is 20.0. The van der Waals surface area contributed by atoms with Crippen LogP contribution in [0, 0.1) is 0 Å². The van der Waals surface area contributed by atoms with Crippen LogP contribution in [0.1, 0.15) is 11.1 Å². The molecule has 0 aliphatic heterocycles. The highest BCUT2D eigenvalue weighted by atomic mass is 28.1. The standard InChI is InChI=1S/C17H22O3Si/c1-18-16(19-2,14-10-6-4-7-11-14)17(21,20-3)15-12-8-5-9-13-15/h4-13H,1-3,21H3. The van der Waals surface area contributed by atoms with Crippen molar-refractivity contribution in [3.05, 3.63) is 71.8 Å². The minimum Gasteiger partial charge on any atom is -0.372 e. The predicted octanol–water partition coefficient (Wildman–Crippen LogP) is 2.00. The van der Waals surface area contributed by atoms with Crippen LogP contribution in [0.4, 0.5) is 0 Å². The van der Waals surface area contributed by atoms with Gasteiger partial charge in [0, 0.05) is 26.9 Å². The Kier molecular flexibility index (Phi) is 4.95. The van der Waals surface area contributed by atoms with E-state index in [0.29, 0.717) is 10.2 Å². The molecule has 0 spiro atoms. The zero-order valence-corrected chi connectivity index (χ0v) is 15.0. The second-order valence-electron chi connectivity index (χ2n) is 4.99. The van der Waals surface area contributed by atoms with E-state index < -0.39 is 11.0 Å². The Bertz CT molecular complexity index is 555. The first kappa shape index (κ1) is 15.9. The van der Waals surface area contributed by atoms with Gasteiger partial charge in [-0.3, -0.25) is 0 Å².